The number of fused-ring (bicyclic) bond motifs is 1. The predicted molar refractivity (Wildman–Crippen MR) is 40.3 cm³/mol. The summed E-state index contributed by atoms with van der Waals surface area (Å²) in [6, 6.07) is 4.71. The smallest absolute Gasteiger partial charge is 0.126 e. The van der Waals surface area contributed by atoms with Crippen LogP contribution in [-0.2, 0) is 0 Å². The lowest BCUT2D eigenvalue weighted by Crippen LogP contribution is -1.93. The van der Waals surface area contributed by atoms with Crippen LogP contribution in [0.25, 0.3) is 0 Å². The van der Waals surface area contributed by atoms with Gasteiger partial charge in [0.1, 0.15) is 11.6 Å². The third kappa shape index (κ3) is 0.985. The van der Waals surface area contributed by atoms with E-state index in [-0.39, 0.29) is 5.82 Å². The molecule has 0 N–H and O–H groups in total. The molecule has 1 aromatic carbocycles. The zero-order chi connectivity index (χ0) is 7.84. The highest BCUT2D eigenvalue weighted by atomic mass is 19.1. The maximum atomic E-state index is 12.6. The molecule has 1 atom stereocenters. The van der Waals surface area contributed by atoms with E-state index in [4.69, 9.17) is 4.74 Å². The molecule has 1 aromatic rings. The molecule has 0 fully saturated rings. The van der Waals surface area contributed by atoms with Crippen LogP contribution in [-0.4, -0.2) is 6.61 Å². The van der Waals surface area contributed by atoms with Crippen molar-refractivity contribution < 1.29 is 9.13 Å². The number of benzene rings is 1. The molecular weight excluding hydrogens is 143 g/mol. The van der Waals surface area contributed by atoms with E-state index in [1.807, 2.05) is 0 Å². The first kappa shape index (κ1) is 6.65. The van der Waals surface area contributed by atoms with Gasteiger partial charge in [-0.25, -0.2) is 4.39 Å². The van der Waals surface area contributed by atoms with E-state index in [1.165, 1.54) is 12.1 Å². The quantitative estimate of drug-likeness (QED) is 0.554. The molecule has 0 radical (unpaired) electrons. The molecule has 1 heterocycles. The van der Waals surface area contributed by atoms with E-state index < -0.39 is 0 Å². The summed E-state index contributed by atoms with van der Waals surface area (Å²) in [5, 5.41) is 0. The van der Waals surface area contributed by atoms with Crippen LogP contribution in [0.1, 0.15) is 18.4 Å². The Balaban J connectivity index is 2.50. The number of rotatable bonds is 0. The molecule has 2 heteroatoms. The second-order valence-corrected chi connectivity index (χ2v) is 2.89. The Bertz CT molecular complexity index is 283. The largest absolute Gasteiger partial charge is 0.493 e. The summed E-state index contributed by atoms with van der Waals surface area (Å²) in [6.07, 6.45) is 0. The van der Waals surface area contributed by atoms with E-state index in [2.05, 4.69) is 6.92 Å². The van der Waals surface area contributed by atoms with Crippen molar-refractivity contribution in [3.8, 4) is 5.75 Å². The molecule has 1 aliphatic heterocycles. The molecule has 0 saturated carbocycles. The summed E-state index contributed by atoms with van der Waals surface area (Å²) < 4.78 is 17.9. The monoisotopic (exact) mass is 152 g/mol. The van der Waals surface area contributed by atoms with E-state index in [1.54, 1.807) is 6.07 Å². The van der Waals surface area contributed by atoms with Crippen LogP contribution in [0.5, 0.6) is 5.75 Å². The van der Waals surface area contributed by atoms with Gasteiger partial charge < -0.3 is 4.74 Å². The summed E-state index contributed by atoms with van der Waals surface area (Å²) in [5.41, 5.74) is 1.12. The van der Waals surface area contributed by atoms with Gasteiger partial charge in [-0.15, -0.1) is 0 Å². The van der Waals surface area contributed by atoms with E-state index >= 15 is 0 Å². The lowest BCUT2D eigenvalue weighted by molar-refractivity contribution is 0.336. The minimum Gasteiger partial charge on any atom is -0.493 e. The highest BCUT2D eigenvalue weighted by Crippen LogP contribution is 2.33. The Morgan fingerprint density at radius 3 is 3.18 bits per heavy atom. The second kappa shape index (κ2) is 2.22. The van der Waals surface area contributed by atoms with Crippen LogP contribution in [0, 0.1) is 5.82 Å². The van der Waals surface area contributed by atoms with Crippen molar-refractivity contribution in [3.05, 3.63) is 29.6 Å². The van der Waals surface area contributed by atoms with Crippen LogP contribution in [0.2, 0.25) is 0 Å². The Morgan fingerprint density at radius 2 is 2.36 bits per heavy atom. The fourth-order valence-corrected chi connectivity index (χ4v) is 1.34. The molecule has 0 saturated heterocycles. The molecule has 58 valence electrons. The zero-order valence-corrected chi connectivity index (χ0v) is 6.30. The summed E-state index contributed by atoms with van der Waals surface area (Å²) in [7, 11) is 0. The number of ether oxygens (including phenoxy) is 1. The molecule has 0 amide bonds. The third-order valence-electron chi connectivity index (χ3n) is 2.00. The number of hydrogen-bond acceptors (Lipinski definition) is 1. The van der Waals surface area contributed by atoms with E-state index in [0.717, 1.165) is 5.56 Å². The average molecular weight is 152 g/mol. The van der Waals surface area contributed by atoms with Gasteiger partial charge >= 0.3 is 0 Å². The lowest BCUT2D eigenvalue weighted by atomic mass is 10.0. The SMILES string of the molecule is CC1COc2cc(F)ccc21. The molecule has 1 aliphatic rings. The van der Waals surface area contributed by atoms with Crippen molar-refractivity contribution in [2.24, 2.45) is 0 Å². The van der Waals surface area contributed by atoms with Crippen LogP contribution in [0.15, 0.2) is 18.2 Å². The highest BCUT2D eigenvalue weighted by molar-refractivity contribution is 5.39. The van der Waals surface area contributed by atoms with Gasteiger partial charge in [0.2, 0.25) is 0 Å². The van der Waals surface area contributed by atoms with Crippen molar-refractivity contribution in [3.63, 3.8) is 0 Å². The zero-order valence-electron chi connectivity index (χ0n) is 6.30. The first-order valence-electron chi connectivity index (χ1n) is 3.69. The Morgan fingerprint density at radius 1 is 1.55 bits per heavy atom. The van der Waals surface area contributed by atoms with Gasteiger partial charge in [-0.2, -0.15) is 0 Å². The molecular formula is C9H9FO. The highest BCUT2D eigenvalue weighted by Gasteiger charge is 2.19. The predicted octanol–water partition coefficient (Wildman–Crippen LogP) is 2.32. The Labute approximate surface area is 64.8 Å². The molecule has 0 aromatic heterocycles. The maximum absolute atomic E-state index is 12.6. The normalized spacial score (nSPS) is 21.1. The summed E-state index contributed by atoms with van der Waals surface area (Å²) >= 11 is 0. The second-order valence-electron chi connectivity index (χ2n) is 2.89. The van der Waals surface area contributed by atoms with Gasteiger partial charge in [0.15, 0.2) is 0 Å². The van der Waals surface area contributed by atoms with Gasteiger partial charge in [0, 0.05) is 17.5 Å². The first-order valence-corrected chi connectivity index (χ1v) is 3.69. The number of hydrogen-bond donors (Lipinski definition) is 0. The molecule has 0 aliphatic carbocycles. The average Bonchev–Trinajstić information content (AvgIpc) is 2.32. The minimum atomic E-state index is -0.224. The van der Waals surface area contributed by atoms with E-state index in [0.29, 0.717) is 18.3 Å². The minimum absolute atomic E-state index is 0.224. The van der Waals surface area contributed by atoms with Crippen molar-refractivity contribution in [2.75, 3.05) is 6.61 Å². The third-order valence-corrected chi connectivity index (χ3v) is 2.00. The fourth-order valence-electron chi connectivity index (χ4n) is 1.34. The molecule has 1 nitrogen and oxygen atoms in total. The number of halogens is 1. The molecule has 0 spiro atoms. The standard InChI is InChI=1S/C9H9FO/c1-6-5-11-9-4-7(10)2-3-8(6)9/h2-4,6H,5H2,1H3. The van der Waals surface area contributed by atoms with E-state index in [9.17, 15) is 4.39 Å². The molecule has 1 unspecified atom stereocenters. The first-order chi connectivity index (χ1) is 5.27. The van der Waals surface area contributed by atoms with Gasteiger partial charge in [-0.05, 0) is 6.07 Å². The summed E-state index contributed by atoms with van der Waals surface area (Å²) in [4.78, 5) is 0. The van der Waals surface area contributed by atoms with Crippen molar-refractivity contribution in [1.82, 2.24) is 0 Å². The van der Waals surface area contributed by atoms with Crippen molar-refractivity contribution >= 4 is 0 Å². The fraction of sp³-hybridized carbons (Fsp3) is 0.333. The van der Waals surface area contributed by atoms with Gasteiger partial charge in [-0.1, -0.05) is 13.0 Å². The Hall–Kier alpha value is -1.05. The summed E-state index contributed by atoms with van der Waals surface area (Å²) in [5.74, 6) is 0.890. The Kier molecular flexibility index (Phi) is 1.34. The topological polar surface area (TPSA) is 9.23 Å². The molecule has 0 bridgehead atoms. The molecule has 2 rings (SSSR count). The van der Waals surface area contributed by atoms with Crippen LogP contribution in [0.4, 0.5) is 4.39 Å². The lowest BCUT2D eigenvalue weighted by Gasteiger charge is -1.98. The van der Waals surface area contributed by atoms with Crippen LogP contribution < -0.4 is 4.74 Å². The molecule has 11 heavy (non-hydrogen) atoms. The van der Waals surface area contributed by atoms with Gasteiger partial charge in [-0.3, -0.25) is 0 Å². The van der Waals surface area contributed by atoms with Crippen molar-refractivity contribution in [1.29, 1.82) is 0 Å². The van der Waals surface area contributed by atoms with Crippen LogP contribution in [0.3, 0.4) is 0 Å². The summed E-state index contributed by atoms with van der Waals surface area (Å²) in [6.45, 7) is 2.75. The maximum Gasteiger partial charge on any atom is 0.126 e. The van der Waals surface area contributed by atoms with Crippen LogP contribution >= 0.6 is 0 Å². The van der Waals surface area contributed by atoms with Crippen molar-refractivity contribution in [2.45, 2.75) is 12.8 Å². The van der Waals surface area contributed by atoms with Gasteiger partial charge in [0.25, 0.3) is 0 Å². The van der Waals surface area contributed by atoms with Gasteiger partial charge in [0.05, 0.1) is 6.61 Å².